The van der Waals surface area contributed by atoms with Gasteiger partial charge in [-0.2, -0.15) is 0 Å². The Morgan fingerprint density at radius 2 is 1.80 bits per heavy atom. The summed E-state index contributed by atoms with van der Waals surface area (Å²) in [5.41, 5.74) is 3.41. The van der Waals surface area contributed by atoms with Gasteiger partial charge in [0.15, 0.2) is 5.11 Å². The molecule has 35 heavy (non-hydrogen) atoms. The molecule has 2 aromatic carbocycles. The highest BCUT2D eigenvalue weighted by Crippen LogP contribution is 2.46. The largest absolute Gasteiger partial charge is 0.497 e. The van der Waals surface area contributed by atoms with E-state index < -0.39 is 0 Å². The number of methoxy groups -OCH3 is 2. The first kappa shape index (κ1) is 23.5. The van der Waals surface area contributed by atoms with E-state index in [1.807, 2.05) is 65.7 Å². The molecule has 1 saturated heterocycles. The summed E-state index contributed by atoms with van der Waals surface area (Å²) in [5.74, 6) is 1.36. The molecule has 1 aliphatic heterocycles. The summed E-state index contributed by atoms with van der Waals surface area (Å²) in [4.78, 5) is 6.68. The molecule has 0 spiro atoms. The van der Waals surface area contributed by atoms with Crippen LogP contribution in [0.15, 0.2) is 79.1 Å². The van der Waals surface area contributed by atoms with Gasteiger partial charge < -0.3 is 24.3 Å². The zero-order chi connectivity index (χ0) is 24.5. The molecule has 178 valence electrons. The van der Waals surface area contributed by atoms with Crippen LogP contribution in [0.2, 0.25) is 10.0 Å². The van der Waals surface area contributed by atoms with Crippen molar-refractivity contribution in [3.05, 3.63) is 101 Å². The number of aromatic nitrogens is 2. The predicted molar refractivity (Wildman–Crippen MR) is 143 cm³/mol. The third-order valence-corrected chi connectivity index (χ3v) is 6.85. The van der Waals surface area contributed by atoms with Crippen LogP contribution in [0.1, 0.15) is 23.5 Å². The summed E-state index contributed by atoms with van der Waals surface area (Å²) in [6.07, 6.45) is 3.75. The second-order valence-electron chi connectivity index (χ2n) is 7.93. The number of hydrogen-bond acceptors (Lipinski definition) is 4. The fraction of sp³-hybridized carbons (Fsp3) is 0.154. The van der Waals surface area contributed by atoms with Crippen LogP contribution in [0, 0.1) is 0 Å². The fourth-order valence-electron chi connectivity index (χ4n) is 4.43. The number of nitrogens with zero attached hydrogens (tertiary/aromatic N) is 3. The maximum atomic E-state index is 6.61. The monoisotopic (exact) mass is 524 g/mol. The van der Waals surface area contributed by atoms with Gasteiger partial charge in [-0.25, -0.2) is 0 Å². The topological polar surface area (TPSA) is 51.6 Å². The molecule has 6 nitrogen and oxygen atoms in total. The van der Waals surface area contributed by atoms with Crippen molar-refractivity contribution in [3.63, 3.8) is 0 Å². The van der Waals surface area contributed by atoms with E-state index in [1.54, 1.807) is 26.5 Å². The van der Waals surface area contributed by atoms with Crippen LogP contribution in [0.4, 0.5) is 5.69 Å². The highest BCUT2D eigenvalue weighted by atomic mass is 35.5. The zero-order valence-electron chi connectivity index (χ0n) is 19.0. The summed E-state index contributed by atoms with van der Waals surface area (Å²) in [6, 6.07) is 20.5. The van der Waals surface area contributed by atoms with Crippen LogP contribution in [0.3, 0.4) is 0 Å². The average molecular weight is 525 g/mol. The van der Waals surface area contributed by atoms with Crippen molar-refractivity contribution in [2.75, 3.05) is 19.1 Å². The molecule has 9 heteroatoms. The van der Waals surface area contributed by atoms with Gasteiger partial charge in [0.2, 0.25) is 0 Å². The maximum absolute atomic E-state index is 6.61. The first-order valence-corrected chi connectivity index (χ1v) is 12.0. The molecule has 5 rings (SSSR count). The summed E-state index contributed by atoms with van der Waals surface area (Å²) in [7, 11) is 3.27. The van der Waals surface area contributed by atoms with Gasteiger partial charge in [0.1, 0.15) is 17.5 Å². The van der Waals surface area contributed by atoms with E-state index >= 15 is 0 Å². The van der Waals surface area contributed by atoms with Crippen LogP contribution in [-0.4, -0.2) is 28.9 Å². The van der Waals surface area contributed by atoms with Crippen molar-refractivity contribution in [3.8, 4) is 17.2 Å². The lowest BCUT2D eigenvalue weighted by Crippen LogP contribution is -2.30. The van der Waals surface area contributed by atoms with Crippen molar-refractivity contribution in [1.29, 1.82) is 0 Å². The van der Waals surface area contributed by atoms with Crippen LogP contribution in [0.5, 0.6) is 11.5 Å². The number of ether oxygens (including phenoxy) is 2. The third-order valence-electron chi connectivity index (χ3n) is 6.00. The number of rotatable bonds is 6. The molecule has 0 bridgehead atoms. The van der Waals surface area contributed by atoms with E-state index in [0.717, 1.165) is 22.8 Å². The minimum atomic E-state index is -0.278. The Morgan fingerprint density at radius 1 is 0.943 bits per heavy atom. The number of hydrogen-bond donors (Lipinski definition) is 1. The number of nitrogens with one attached hydrogen (secondary N) is 1. The Kier molecular flexibility index (Phi) is 6.56. The molecule has 2 atom stereocenters. The second kappa shape index (κ2) is 9.77. The minimum absolute atomic E-state index is 0.237. The van der Waals surface area contributed by atoms with Crippen molar-refractivity contribution in [2.24, 2.45) is 0 Å². The lowest BCUT2D eigenvalue weighted by molar-refractivity contribution is 0.402. The van der Waals surface area contributed by atoms with Gasteiger partial charge in [-0.15, -0.1) is 0 Å². The first-order chi connectivity index (χ1) is 17.0. The fourth-order valence-corrected chi connectivity index (χ4v) is 5.27. The van der Waals surface area contributed by atoms with Crippen LogP contribution < -0.4 is 19.7 Å². The van der Waals surface area contributed by atoms with Crippen molar-refractivity contribution >= 4 is 46.2 Å². The molecule has 0 radical (unpaired) electrons. The zero-order valence-corrected chi connectivity index (χ0v) is 21.3. The Bertz CT molecular complexity index is 1380. The molecule has 1 fully saturated rings. The highest BCUT2D eigenvalue weighted by molar-refractivity contribution is 7.80. The van der Waals surface area contributed by atoms with Gasteiger partial charge in [-0.3, -0.25) is 4.98 Å². The van der Waals surface area contributed by atoms with Crippen LogP contribution >= 0.6 is 35.4 Å². The second-order valence-corrected chi connectivity index (χ2v) is 9.16. The van der Waals surface area contributed by atoms with Gasteiger partial charge in [0.05, 0.1) is 42.4 Å². The van der Waals surface area contributed by atoms with Crippen LogP contribution in [0.25, 0.3) is 5.69 Å². The van der Waals surface area contributed by atoms with Crippen molar-refractivity contribution in [1.82, 2.24) is 14.9 Å². The van der Waals surface area contributed by atoms with E-state index in [4.69, 9.17) is 44.9 Å². The predicted octanol–water partition coefficient (Wildman–Crippen LogP) is 6.37. The lowest BCUT2D eigenvalue weighted by atomic mass is 10.0. The van der Waals surface area contributed by atoms with Crippen molar-refractivity contribution < 1.29 is 9.47 Å². The average Bonchev–Trinajstić information content (AvgIpc) is 3.48. The molecular formula is C26H22Cl2N4O2S. The Morgan fingerprint density at radius 3 is 2.51 bits per heavy atom. The smallest absolute Gasteiger partial charge is 0.174 e. The molecule has 4 aromatic rings. The van der Waals surface area contributed by atoms with E-state index in [2.05, 4.69) is 20.9 Å². The van der Waals surface area contributed by atoms with E-state index in [-0.39, 0.29) is 12.1 Å². The summed E-state index contributed by atoms with van der Waals surface area (Å²) >= 11 is 18.7. The van der Waals surface area contributed by atoms with Gasteiger partial charge in [-0.05, 0) is 66.8 Å². The van der Waals surface area contributed by atoms with Gasteiger partial charge in [-0.1, -0.05) is 29.3 Å². The quantitative estimate of drug-likeness (QED) is 0.295. The molecule has 0 amide bonds. The number of pyridine rings is 1. The van der Waals surface area contributed by atoms with Gasteiger partial charge >= 0.3 is 0 Å². The third kappa shape index (κ3) is 4.31. The summed E-state index contributed by atoms with van der Waals surface area (Å²) in [5, 5.41) is 5.15. The normalized spacial score (nSPS) is 17.4. The number of anilines is 1. The van der Waals surface area contributed by atoms with Crippen LogP contribution in [-0.2, 0) is 0 Å². The molecular weight excluding hydrogens is 503 g/mol. The molecule has 0 saturated carbocycles. The summed E-state index contributed by atoms with van der Waals surface area (Å²) < 4.78 is 13.3. The van der Waals surface area contributed by atoms with Gasteiger partial charge in [0, 0.05) is 29.2 Å². The Balaban J connectivity index is 1.72. The first-order valence-electron chi connectivity index (χ1n) is 10.9. The minimum Gasteiger partial charge on any atom is -0.497 e. The van der Waals surface area contributed by atoms with E-state index in [1.165, 1.54) is 0 Å². The SMILES string of the molecule is COc1ccc(OC)c(N2C(=S)N[C@H](c3ccccn3)[C@@H]2c2cccn2-c2ccc(Cl)cc2Cl)c1. The molecule has 1 N–H and O–H groups in total. The lowest BCUT2D eigenvalue weighted by Gasteiger charge is -2.30. The van der Waals surface area contributed by atoms with E-state index in [9.17, 15) is 0 Å². The molecule has 0 unspecified atom stereocenters. The highest BCUT2D eigenvalue weighted by Gasteiger charge is 2.43. The van der Waals surface area contributed by atoms with Gasteiger partial charge in [0.25, 0.3) is 0 Å². The number of halogens is 2. The van der Waals surface area contributed by atoms with Crippen molar-refractivity contribution in [2.45, 2.75) is 12.1 Å². The number of thiocarbonyl (C=S) groups is 1. The Hall–Kier alpha value is -3.26. The van der Waals surface area contributed by atoms with E-state index in [0.29, 0.717) is 26.7 Å². The molecule has 1 aliphatic rings. The maximum Gasteiger partial charge on any atom is 0.174 e. The molecule has 3 heterocycles. The standard InChI is InChI=1S/C26H22Cl2N4O2S/c1-33-17-9-11-23(34-2)22(15-17)32-25(24(30-26(32)35)19-6-3-4-12-29-19)21-7-5-13-31(21)20-10-8-16(27)14-18(20)28/h3-15,24-25H,1-2H3,(H,30,35)/t24-,25+/m1/s1. The molecule has 0 aliphatic carbocycles. The Labute approximate surface area is 219 Å². The summed E-state index contributed by atoms with van der Waals surface area (Å²) in [6.45, 7) is 0. The molecule has 2 aromatic heterocycles. The number of benzene rings is 2.